The third-order valence-corrected chi connectivity index (χ3v) is 3.75. The Morgan fingerprint density at radius 2 is 1.46 bits per heavy atom. The van der Waals surface area contributed by atoms with Crippen molar-refractivity contribution in [2.24, 2.45) is 5.92 Å². The molecule has 26 heavy (non-hydrogen) atoms. The fourth-order valence-electron chi connectivity index (χ4n) is 2.36. The maximum absolute atomic E-state index is 12.3. The molecule has 0 saturated heterocycles. The van der Waals surface area contributed by atoms with Gasteiger partial charge in [0, 0.05) is 19.4 Å². The normalized spacial score (nSPS) is 12.3. The minimum atomic E-state index is -0.536. The molecule has 1 atom stereocenters. The monoisotopic (exact) mass is 373 g/mol. The fraction of sp³-hybridized carbons (Fsp3) is 0.842. The lowest BCUT2D eigenvalue weighted by Crippen LogP contribution is -2.35. The van der Waals surface area contributed by atoms with E-state index < -0.39 is 5.60 Å². The molecule has 0 aliphatic heterocycles. The Morgan fingerprint density at radius 3 is 2.00 bits per heavy atom. The van der Waals surface area contributed by atoms with Crippen molar-refractivity contribution < 1.29 is 28.6 Å². The topological polar surface area (TPSA) is 90.9 Å². The van der Waals surface area contributed by atoms with Gasteiger partial charge in [0.15, 0.2) is 0 Å². The van der Waals surface area contributed by atoms with Crippen LogP contribution in [0.25, 0.3) is 0 Å². The van der Waals surface area contributed by atoms with Crippen LogP contribution in [0.15, 0.2) is 0 Å². The smallest absolute Gasteiger partial charge is 0.310 e. The molecule has 0 saturated carbocycles. The van der Waals surface area contributed by atoms with Crippen molar-refractivity contribution >= 4 is 17.9 Å². The van der Waals surface area contributed by atoms with Gasteiger partial charge >= 0.3 is 17.9 Å². The number of carbonyl (C=O) groups excluding carboxylic acids is 3. The molecule has 7 nitrogen and oxygen atoms in total. The molecule has 0 amide bonds. The quantitative estimate of drug-likeness (QED) is 0.301. The zero-order valence-electron chi connectivity index (χ0n) is 16.9. The van der Waals surface area contributed by atoms with Gasteiger partial charge in [-0.05, 0) is 53.0 Å². The van der Waals surface area contributed by atoms with Crippen LogP contribution in [0.2, 0.25) is 0 Å². The molecule has 0 aliphatic rings. The van der Waals surface area contributed by atoms with E-state index in [-0.39, 0.29) is 23.8 Å². The van der Waals surface area contributed by atoms with E-state index in [0.717, 1.165) is 25.8 Å². The van der Waals surface area contributed by atoms with Crippen molar-refractivity contribution in [2.75, 3.05) is 27.3 Å². The molecule has 0 aliphatic carbocycles. The van der Waals surface area contributed by atoms with Gasteiger partial charge in [-0.2, -0.15) is 0 Å². The summed E-state index contributed by atoms with van der Waals surface area (Å²) >= 11 is 0. The first-order valence-corrected chi connectivity index (χ1v) is 9.26. The standard InChI is InChI=1S/C19H35NO6/c1-19(2,3)26-18(23)15(10-9-12-17(22)25-5)14-20-13-8-6-7-11-16(21)24-4/h15,20H,6-14H2,1-5H3. The molecule has 0 radical (unpaired) electrons. The highest BCUT2D eigenvalue weighted by molar-refractivity contribution is 5.73. The first kappa shape index (κ1) is 24.4. The molecular weight excluding hydrogens is 338 g/mol. The molecule has 152 valence electrons. The summed E-state index contributed by atoms with van der Waals surface area (Å²) in [5.41, 5.74) is -0.536. The van der Waals surface area contributed by atoms with Crippen LogP contribution in [0.1, 0.15) is 65.7 Å². The number of rotatable bonds is 13. The second kappa shape index (κ2) is 13.6. The molecule has 0 bridgehead atoms. The molecule has 0 rings (SSSR count). The zero-order valence-corrected chi connectivity index (χ0v) is 16.9. The summed E-state index contributed by atoms with van der Waals surface area (Å²) in [6, 6.07) is 0. The first-order valence-electron chi connectivity index (χ1n) is 9.26. The van der Waals surface area contributed by atoms with Gasteiger partial charge in [-0.3, -0.25) is 14.4 Å². The van der Waals surface area contributed by atoms with Gasteiger partial charge in [-0.1, -0.05) is 6.42 Å². The molecule has 0 aromatic heterocycles. The number of carbonyl (C=O) groups is 3. The van der Waals surface area contributed by atoms with E-state index in [1.807, 2.05) is 20.8 Å². The van der Waals surface area contributed by atoms with E-state index in [1.165, 1.54) is 14.2 Å². The van der Waals surface area contributed by atoms with E-state index in [9.17, 15) is 14.4 Å². The van der Waals surface area contributed by atoms with E-state index in [1.54, 1.807) is 0 Å². The van der Waals surface area contributed by atoms with Gasteiger partial charge in [-0.15, -0.1) is 0 Å². The SMILES string of the molecule is COC(=O)CCCCCNCC(CCCC(=O)OC)C(=O)OC(C)(C)C. The van der Waals surface area contributed by atoms with Gasteiger partial charge in [-0.25, -0.2) is 0 Å². The number of hydrogen-bond acceptors (Lipinski definition) is 7. The van der Waals surface area contributed by atoms with E-state index in [0.29, 0.717) is 32.2 Å². The summed E-state index contributed by atoms with van der Waals surface area (Å²) in [5, 5.41) is 3.27. The Bertz CT molecular complexity index is 430. The average Bonchev–Trinajstić information content (AvgIpc) is 2.57. The first-order chi connectivity index (χ1) is 12.2. The summed E-state index contributed by atoms with van der Waals surface area (Å²) in [6.07, 6.45) is 4.51. The van der Waals surface area contributed by atoms with Crippen molar-refractivity contribution in [1.29, 1.82) is 0 Å². The molecule has 1 N–H and O–H groups in total. The maximum atomic E-state index is 12.3. The Hall–Kier alpha value is -1.63. The number of nitrogens with one attached hydrogen (secondary N) is 1. The third kappa shape index (κ3) is 13.6. The number of esters is 3. The number of methoxy groups -OCH3 is 2. The summed E-state index contributed by atoms with van der Waals surface area (Å²) in [7, 11) is 2.75. The summed E-state index contributed by atoms with van der Waals surface area (Å²) < 4.78 is 14.7. The minimum Gasteiger partial charge on any atom is -0.469 e. The Kier molecular flexibility index (Phi) is 12.7. The fourth-order valence-corrected chi connectivity index (χ4v) is 2.36. The molecular formula is C19H35NO6. The van der Waals surface area contributed by atoms with Crippen molar-refractivity contribution in [2.45, 2.75) is 71.3 Å². The summed E-state index contributed by atoms with van der Waals surface area (Å²) in [6.45, 7) is 6.78. The highest BCUT2D eigenvalue weighted by Gasteiger charge is 2.24. The second-order valence-corrected chi connectivity index (χ2v) is 7.29. The Balaban J connectivity index is 4.20. The zero-order chi connectivity index (χ0) is 20.0. The van der Waals surface area contributed by atoms with E-state index in [2.05, 4.69) is 14.8 Å². The van der Waals surface area contributed by atoms with Gasteiger partial charge < -0.3 is 19.5 Å². The van der Waals surface area contributed by atoms with Crippen LogP contribution in [0, 0.1) is 5.92 Å². The van der Waals surface area contributed by atoms with E-state index in [4.69, 9.17) is 4.74 Å². The molecule has 0 heterocycles. The number of unbranched alkanes of at least 4 members (excludes halogenated alkanes) is 2. The highest BCUT2D eigenvalue weighted by Crippen LogP contribution is 2.16. The van der Waals surface area contributed by atoms with Crippen LogP contribution in [-0.2, 0) is 28.6 Å². The molecule has 7 heteroatoms. The number of ether oxygens (including phenoxy) is 3. The molecule has 0 fully saturated rings. The Labute approximate surface area is 157 Å². The van der Waals surface area contributed by atoms with Crippen molar-refractivity contribution in [3.05, 3.63) is 0 Å². The minimum absolute atomic E-state index is 0.187. The van der Waals surface area contributed by atoms with Crippen LogP contribution in [0.5, 0.6) is 0 Å². The van der Waals surface area contributed by atoms with Gasteiger partial charge in [0.1, 0.15) is 5.60 Å². The lowest BCUT2D eigenvalue weighted by atomic mass is 10.0. The van der Waals surface area contributed by atoms with Crippen LogP contribution in [0.3, 0.4) is 0 Å². The maximum Gasteiger partial charge on any atom is 0.310 e. The van der Waals surface area contributed by atoms with Crippen LogP contribution in [0.4, 0.5) is 0 Å². The lowest BCUT2D eigenvalue weighted by molar-refractivity contribution is -0.160. The predicted molar refractivity (Wildman–Crippen MR) is 98.6 cm³/mol. The van der Waals surface area contributed by atoms with Gasteiger partial charge in [0.25, 0.3) is 0 Å². The second-order valence-electron chi connectivity index (χ2n) is 7.29. The van der Waals surface area contributed by atoms with Crippen molar-refractivity contribution in [1.82, 2.24) is 5.32 Å². The average molecular weight is 373 g/mol. The van der Waals surface area contributed by atoms with Gasteiger partial charge in [0.05, 0.1) is 20.1 Å². The third-order valence-electron chi connectivity index (χ3n) is 3.75. The van der Waals surface area contributed by atoms with Crippen molar-refractivity contribution in [3.8, 4) is 0 Å². The largest absolute Gasteiger partial charge is 0.469 e. The van der Waals surface area contributed by atoms with Crippen LogP contribution < -0.4 is 5.32 Å². The number of hydrogen-bond donors (Lipinski definition) is 1. The highest BCUT2D eigenvalue weighted by atomic mass is 16.6. The summed E-state index contributed by atoms with van der Waals surface area (Å²) in [4.78, 5) is 34.6. The molecule has 1 unspecified atom stereocenters. The van der Waals surface area contributed by atoms with Crippen LogP contribution >= 0.6 is 0 Å². The van der Waals surface area contributed by atoms with Crippen molar-refractivity contribution in [3.63, 3.8) is 0 Å². The molecule has 0 spiro atoms. The van der Waals surface area contributed by atoms with Gasteiger partial charge in [0.2, 0.25) is 0 Å². The van der Waals surface area contributed by atoms with Crippen LogP contribution in [-0.4, -0.2) is 50.8 Å². The predicted octanol–water partition coefficient (Wildman–Crippen LogP) is 2.61. The summed E-state index contributed by atoms with van der Waals surface area (Å²) in [5.74, 6) is -1.01. The lowest BCUT2D eigenvalue weighted by Gasteiger charge is -2.24. The molecule has 0 aromatic rings. The molecule has 0 aromatic carbocycles. The van der Waals surface area contributed by atoms with E-state index >= 15 is 0 Å². The Morgan fingerprint density at radius 1 is 0.885 bits per heavy atom.